The minimum absolute atomic E-state index is 0.174. The maximum Gasteiger partial charge on any atom is 0.254 e. The molecule has 7 nitrogen and oxygen atoms in total. The summed E-state index contributed by atoms with van der Waals surface area (Å²) in [5.41, 5.74) is 5.46. The quantitative estimate of drug-likeness (QED) is 0.421. The third-order valence-corrected chi connectivity index (χ3v) is 6.61. The van der Waals surface area contributed by atoms with Crippen LogP contribution in [0, 0.1) is 12.7 Å². The lowest BCUT2D eigenvalue weighted by atomic mass is 10.0. The van der Waals surface area contributed by atoms with E-state index < -0.39 is 6.04 Å². The highest BCUT2D eigenvalue weighted by molar-refractivity contribution is 5.80. The van der Waals surface area contributed by atoms with Crippen LogP contribution in [-0.2, 0) is 13.0 Å². The Morgan fingerprint density at radius 1 is 1.06 bits per heavy atom. The van der Waals surface area contributed by atoms with E-state index in [1.807, 2.05) is 37.3 Å². The standard InChI is InChI=1S/C27H23FN6O/c1-17-6-11-23-20(14-17)15-22(27(35)29-23)25(33-13-12-19-4-2-3-5-24(19)33)26-30-31-32-34(26)16-18-7-9-21(28)10-8-18/h2-11,14-15,25H,12-13,16H2,1H3,(H,29,35)/t25-/m0/s1. The normalized spacial score (nSPS) is 13.8. The maximum atomic E-state index is 13.4. The van der Waals surface area contributed by atoms with Crippen molar-refractivity contribution in [3.8, 4) is 0 Å². The summed E-state index contributed by atoms with van der Waals surface area (Å²) in [5.74, 6) is 0.263. The molecule has 0 spiro atoms. The van der Waals surface area contributed by atoms with E-state index >= 15 is 0 Å². The average molecular weight is 467 g/mol. The zero-order chi connectivity index (χ0) is 23.9. The third-order valence-electron chi connectivity index (χ3n) is 6.61. The molecule has 1 atom stereocenters. The Hall–Kier alpha value is -4.33. The van der Waals surface area contributed by atoms with Crippen LogP contribution in [0.1, 0.15) is 34.1 Å². The van der Waals surface area contributed by atoms with E-state index in [9.17, 15) is 9.18 Å². The molecule has 0 radical (unpaired) electrons. The number of nitrogens with zero attached hydrogens (tertiary/aromatic N) is 5. The van der Waals surface area contributed by atoms with E-state index in [-0.39, 0.29) is 11.4 Å². The lowest BCUT2D eigenvalue weighted by Crippen LogP contribution is -2.34. The van der Waals surface area contributed by atoms with E-state index in [1.165, 1.54) is 17.7 Å². The van der Waals surface area contributed by atoms with Crippen LogP contribution in [0.5, 0.6) is 0 Å². The summed E-state index contributed by atoms with van der Waals surface area (Å²) in [4.78, 5) is 18.7. The Labute approximate surface area is 200 Å². The lowest BCUT2D eigenvalue weighted by Gasteiger charge is -2.29. The van der Waals surface area contributed by atoms with Gasteiger partial charge in [-0.1, -0.05) is 42.0 Å². The summed E-state index contributed by atoms with van der Waals surface area (Å²) >= 11 is 0. The molecule has 1 N–H and O–H groups in total. The molecule has 8 heteroatoms. The minimum atomic E-state index is -0.497. The molecule has 35 heavy (non-hydrogen) atoms. The highest BCUT2D eigenvalue weighted by Gasteiger charge is 2.34. The molecule has 1 aliphatic heterocycles. The van der Waals surface area contributed by atoms with Crippen LogP contribution in [0.15, 0.2) is 77.6 Å². The molecule has 0 unspecified atom stereocenters. The fourth-order valence-electron chi connectivity index (χ4n) is 4.91. The van der Waals surface area contributed by atoms with Gasteiger partial charge in [0.15, 0.2) is 5.82 Å². The number of aromatic nitrogens is 5. The fourth-order valence-corrected chi connectivity index (χ4v) is 4.91. The molecule has 0 saturated heterocycles. The number of benzene rings is 3. The van der Waals surface area contributed by atoms with Gasteiger partial charge in [-0.05, 0) is 76.7 Å². The van der Waals surface area contributed by atoms with Gasteiger partial charge in [0.1, 0.15) is 11.9 Å². The van der Waals surface area contributed by atoms with Crippen LogP contribution in [0.2, 0.25) is 0 Å². The zero-order valence-electron chi connectivity index (χ0n) is 19.1. The summed E-state index contributed by atoms with van der Waals surface area (Å²) in [7, 11) is 0. The number of fused-ring (bicyclic) bond motifs is 2. The Morgan fingerprint density at radius 2 is 1.89 bits per heavy atom. The van der Waals surface area contributed by atoms with Gasteiger partial charge in [0.25, 0.3) is 5.56 Å². The zero-order valence-corrected chi connectivity index (χ0v) is 19.1. The van der Waals surface area contributed by atoms with Crippen molar-refractivity contribution >= 4 is 16.6 Å². The SMILES string of the molecule is Cc1ccc2[nH]c(=O)c([C@@H](c3nnnn3Cc3ccc(F)cc3)N3CCc4ccccc43)cc2c1. The first-order valence-corrected chi connectivity index (χ1v) is 11.6. The first-order valence-electron chi connectivity index (χ1n) is 11.6. The van der Waals surface area contributed by atoms with Crippen molar-refractivity contribution in [3.05, 3.63) is 117 Å². The summed E-state index contributed by atoms with van der Waals surface area (Å²) in [6, 6.07) is 21.9. The van der Waals surface area contributed by atoms with Gasteiger partial charge in [0, 0.05) is 23.3 Å². The molecular formula is C27H23FN6O. The molecule has 0 saturated carbocycles. The molecule has 174 valence electrons. The molecular weight excluding hydrogens is 443 g/mol. The second kappa shape index (κ2) is 8.47. The number of rotatable bonds is 5. The van der Waals surface area contributed by atoms with Gasteiger partial charge in [-0.25, -0.2) is 9.07 Å². The second-order valence-electron chi connectivity index (χ2n) is 8.94. The molecule has 0 amide bonds. The topological polar surface area (TPSA) is 79.7 Å². The van der Waals surface area contributed by atoms with Crippen LogP contribution in [0.25, 0.3) is 10.9 Å². The van der Waals surface area contributed by atoms with Crippen molar-refractivity contribution in [1.82, 2.24) is 25.2 Å². The van der Waals surface area contributed by atoms with Crippen molar-refractivity contribution in [2.45, 2.75) is 25.9 Å². The molecule has 2 aromatic heterocycles. The Morgan fingerprint density at radius 3 is 2.74 bits per heavy atom. The van der Waals surface area contributed by atoms with Gasteiger partial charge in [-0.15, -0.1) is 5.10 Å². The van der Waals surface area contributed by atoms with Crippen molar-refractivity contribution in [1.29, 1.82) is 0 Å². The van der Waals surface area contributed by atoms with Crippen molar-refractivity contribution in [3.63, 3.8) is 0 Å². The van der Waals surface area contributed by atoms with Crippen LogP contribution in [-0.4, -0.2) is 31.7 Å². The number of aromatic amines is 1. The van der Waals surface area contributed by atoms with Crippen molar-refractivity contribution in [2.24, 2.45) is 0 Å². The predicted molar refractivity (Wildman–Crippen MR) is 132 cm³/mol. The highest BCUT2D eigenvalue weighted by Crippen LogP contribution is 2.37. The number of para-hydroxylation sites is 1. The lowest BCUT2D eigenvalue weighted by molar-refractivity contribution is 0.576. The third kappa shape index (κ3) is 3.86. The number of nitrogens with one attached hydrogen (secondary N) is 1. The van der Waals surface area contributed by atoms with Gasteiger partial charge in [-0.2, -0.15) is 0 Å². The predicted octanol–water partition coefficient (Wildman–Crippen LogP) is 4.16. The van der Waals surface area contributed by atoms with E-state index in [0.717, 1.165) is 40.7 Å². The van der Waals surface area contributed by atoms with Crippen LogP contribution in [0.4, 0.5) is 10.1 Å². The van der Waals surface area contributed by atoms with Gasteiger partial charge in [0.05, 0.1) is 6.54 Å². The Bertz CT molecular complexity index is 1590. The Balaban J connectivity index is 1.52. The molecule has 1 aliphatic rings. The van der Waals surface area contributed by atoms with Gasteiger partial charge >= 0.3 is 0 Å². The second-order valence-corrected chi connectivity index (χ2v) is 8.94. The number of hydrogen-bond donors (Lipinski definition) is 1. The van der Waals surface area contributed by atoms with Crippen molar-refractivity contribution < 1.29 is 4.39 Å². The molecule has 3 heterocycles. The number of pyridine rings is 1. The molecule has 3 aromatic carbocycles. The summed E-state index contributed by atoms with van der Waals surface area (Å²) < 4.78 is 15.1. The number of anilines is 1. The smallest absolute Gasteiger partial charge is 0.254 e. The van der Waals surface area contributed by atoms with Crippen LogP contribution in [0.3, 0.4) is 0 Å². The molecule has 0 fully saturated rings. The largest absolute Gasteiger partial charge is 0.357 e. The Kier molecular flexibility index (Phi) is 5.13. The van der Waals surface area contributed by atoms with Gasteiger partial charge in [-0.3, -0.25) is 4.79 Å². The number of H-pyrrole nitrogens is 1. The van der Waals surface area contributed by atoms with Crippen molar-refractivity contribution in [2.75, 3.05) is 11.4 Å². The van der Waals surface area contributed by atoms with E-state index in [0.29, 0.717) is 17.9 Å². The number of hydrogen-bond acceptors (Lipinski definition) is 5. The number of tetrazole rings is 1. The summed E-state index contributed by atoms with van der Waals surface area (Å²) in [5, 5.41) is 13.6. The fraction of sp³-hybridized carbons (Fsp3) is 0.185. The number of halogens is 1. The first-order chi connectivity index (χ1) is 17.1. The molecule has 0 bridgehead atoms. The first kappa shape index (κ1) is 21.2. The summed E-state index contributed by atoms with van der Waals surface area (Å²) in [6.07, 6.45) is 0.872. The molecule has 5 aromatic rings. The van der Waals surface area contributed by atoms with E-state index in [2.05, 4.69) is 43.6 Å². The van der Waals surface area contributed by atoms with Crippen LogP contribution >= 0.6 is 0 Å². The molecule has 6 rings (SSSR count). The minimum Gasteiger partial charge on any atom is -0.357 e. The number of aryl methyl sites for hydroxylation is 1. The highest BCUT2D eigenvalue weighted by atomic mass is 19.1. The van der Waals surface area contributed by atoms with Gasteiger partial charge in [0.2, 0.25) is 0 Å². The average Bonchev–Trinajstić information content (AvgIpc) is 3.49. The summed E-state index contributed by atoms with van der Waals surface area (Å²) in [6.45, 7) is 3.12. The van der Waals surface area contributed by atoms with Gasteiger partial charge < -0.3 is 9.88 Å². The van der Waals surface area contributed by atoms with Crippen LogP contribution < -0.4 is 10.5 Å². The monoisotopic (exact) mass is 466 g/mol. The van der Waals surface area contributed by atoms with E-state index in [4.69, 9.17) is 0 Å². The maximum absolute atomic E-state index is 13.4. The van der Waals surface area contributed by atoms with E-state index in [1.54, 1.807) is 16.8 Å². The molecule has 0 aliphatic carbocycles.